The molecule has 0 atom stereocenters. The van der Waals surface area contributed by atoms with Crippen LogP contribution in [0.4, 0.5) is 10.1 Å². The van der Waals surface area contributed by atoms with E-state index in [0.717, 1.165) is 12.1 Å². The molecule has 0 aliphatic rings. The van der Waals surface area contributed by atoms with E-state index in [1.165, 1.54) is 42.5 Å². The highest BCUT2D eigenvalue weighted by Crippen LogP contribution is 2.30. The number of nitrogens with zero attached hydrogens (tertiary/aromatic N) is 1. The Morgan fingerprint density at radius 1 is 1.09 bits per heavy atom. The maximum absolute atomic E-state index is 13.0. The van der Waals surface area contributed by atoms with E-state index >= 15 is 0 Å². The summed E-state index contributed by atoms with van der Waals surface area (Å²) in [4.78, 5) is 49.7. The van der Waals surface area contributed by atoms with Crippen LogP contribution < -0.4 is 20.7 Å². The molecule has 2 N–H and O–H groups in total. The zero-order valence-electron chi connectivity index (χ0n) is 16.6. The second kappa shape index (κ2) is 9.51. The number of H-pyrrole nitrogens is 2. The normalized spacial score (nSPS) is 10.8. The lowest BCUT2D eigenvalue weighted by Gasteiger charge is -2.11. The van der Waals surface area contributed by atoms with Crippen LogP contribution in [0.2, 0.25) is 0 Å². The van der Waals surface area contributed by atoms with Gasteiger partial charge in [-0.05, 0) is 55.0 Å². The van der Waals surface area contributed by atoms with Crippen LogP contribution in [0.3, 0.4) is 0 Å². The van der Waals surface area contributed by atoms with Crippen molar-refractivity contribution in [2.24, 2.45) is 0 Å². The van der Waals surface area contributed by atoms with Crippen LogP contribution >= 0.6 is 0 Å². The number of nitro groups is 1. The van der Waals surface area contributed by atoms with Crippen LogP contribution in [0.5, 0.6) is 11.5 Å². The predicted molar refractivity (Wildman–Crippen MR) is 112 cm³/mol. The Labute approximate surface area is 179 Å². The minimum Gasteiger partial charge on any atom is -0.490 e. The van der Waals surface area contributed by atoms with Crippen LogP contribution in [0.25, 0.3) is 12.2 Å². The van der Waals surface area contributed by atoms with Crippen molar-refractivity contribution in [1.82, 2.24) is 9.97 Å². The first kappa shape index (κ1) is 22.2. The third-order valence-electron chi connectivity index (χ3n) is 4.12. The number of halogens is 1. The molecule has 0 aliphatic carbocycles. The molecule has 11 heteroatoms. The molecule has 164 valence electrons. The number of carbonyl (C=O) groups is 1. The van der Waals surface area contributed by atoms with Crippen molar-refractivity contribution in [3.8, 4) is 11.5 Å². The van der Waals surface area contributed by atoms with E-state index in [2.05, 4.69) is 4.98 Å². The number of nitrogens with one attached hydrogen (secondary N) is 2. The summed E-state index contributed by atoms with van der Waals surface area (Å²) >= 11 is 0. The lowest BCUT2D eigenvalue weighted by molar-refractivity contribution is -0.386. The van der Waals surface area contributed by atoms with Crippen molar-refractivity contribution in [3.05, 3.63) is 96.1 Å². The number of hydrogen-bond acceptors (Lipinski definition) is 7. The topological polar surface area (TPSA) is 144 Å². The van der Waals surface area contributed by atoms with Crippen LogP contribution in [0.15, 0.2) is 52.1 Å². The molecule has 1 aromatic heterocycles. The van der Waals surface area contributed by atoms with Crippen molar-refractivity contribution >= 4 is 23.8 Å². The molecule has 0 saturated carbocycles. The fourth-order valence-corrected chi connectivity index (χ4v) is 2.70. The summed E-state index contributed by atoms with van der Waals surface area (Å²) in [6.07, 6.45) is 2.61. The first-order chi connectivity index (χ1) is 15.3. The van der Waals surface area contributed by atoms with Crippen LogP contribution in [0, 0.1) is 15.9 Å². The van der Waals surface area contributed by atoms with Crippen molar-refractivity contribution in [3.63, 3.8) is 0 Å². The number of carbonyl (C=O) groups excluding carboxylic acids is 1. The Kier molecular flexibility index (Phi) is 6.59. The van der Waals surface area contributed by atoms with Gasteiger partial charge in [-0.3, -0.25) is 19.9 Å². The van der Waals surface area contributed by atoms with Crippen LogP contribution in [-0.2, 0) is 0 Å². The summed E-state index contributed by atoms with van der Waals surface area (Å²) in [5, 5.41) is 11.1. The molecule has 0 aliphatic heterocycles. The van der Waals surface area contributed by atoms with E-state index in [1.54, 1.807) is 11.9 Å². The molecule has 0 saturated heterocycles. The summed E-state index contributed by atoms with van der Waals surface area (Å²) in [5.74, 6) is -0.895. The summed E-state index contributed by atoms with van der Waals surface area (Å²) in [7, 11) is 0. The molecule has 3 aromatic rings. The van der Waals surface area contributed by atoms with E-state index in [1.807, 2.05) is 0 Å². The Morgan fingerprint density at radius 3 is 2.47 bits per heavy atom. The zero-order valence-corrected chi connectivity index (χ0v) is 16.6. The van der Waals surface area contributed by atoms with Crippen molar-refractivity contribution in [2.75, 3.05) is 6.61 Å². The SMILES string of the molecule is CCOc1cc(C=Cc2[nH]c(=O)[nH]c(=O)c2[N+](=O)[O-])ccc1OC(=O)c1ccc(F)cc1. The van der Waals surface area contributed by atoms with E-state index in [-0.39, 0.29) is 29.4 Å². The maximum Gasteiger partial charge on any atom is 0.357 e. The molecule has 0 unspecified atom stereocenters. The van der Waals surface area contributed by atoms with E-state index in [0.29, 0.717) is 5.56 Å². The van der Waals surface area contributed by atoms with Gasteiger partial charge in [-0.15, -0.1) is 0 Å². The molecule has 3 rings (SSSR count). The second-order valence-electron chi connectivity index (χ2n) is 6.30. The summed E-state index contributed by atoms with van der Waals surface area (Å²) in [6, 6.07) is 9.31. The third kappa shape index (κ3) is 5.14. The first-order valence-corrected chi connectivity index (χ1v) is 9.22. The number of hydrogen-bond donors (Lipinski definition) is 2. The minimum absolute atomic E-state index is 0.105. The molecular weight excluding hydrogens is 425 g/mol. The van der Waals surface area contributed by atoms with E-state index in [9.17, 15) is 28.9 Å². The summed E-state index contributed by atoms with van der Waals surface area (Å²) in [6.45, 7) is 1.97. The monoisotopic (exact) mass is 441 g/mol. The van der Waals surface area contributed by atoms with Gasteiger partial charge in [-0.1, -0.05) is 12.1 Å². The highest BCUT2D eigenvalue weighted by molar-refractivity contribution is 5.91. The largest absolute Gasteiger partial charge is 0.490 e. The van der Waals surface area contributed by atoms with Gasteiger partial charge < -0.3 is 14.5 Å². The molecule has 0 bridgehead atoms. The van der Waals surface area contributed by atoms with Gasteiger partial charge in [0.1, 0.15) is 11.5 Å². The van der Waals surface area contributed by atoms with Gasteiger partial charge in [-0.25, -0.2) is 14.0 Å². The molecule has 10 nitrogen and oxygen atoms in total. The lowest BCUT2D eigenvalue weighted by Crippen LogP contribution is -2.25. The lowest BCUT2D eigenvalue weighted by atomic mass is 10.1. The molecule has 2 aromatic carbocycles. The fourth-order valence-electron chi connectivity index (χ4n) is 2.70. The van der Waals surface area contributed by atoms with E-state index in [4.69, 9.17) is 9.47 Å². The molecule has 0 fully saturated rings. The Bertz CT molecular complexity index is 1310. The van der Waals surface area contributed by atoms with Gasteiger partial charge in [0.05, 0.1) is 17.1 Å². The van der Waals surface area contributed by atoms with E-state index < -0.39 is 33.6 Å². The van der Waals surface area contributed by atoms with Crippen molar-refractivity contribution in [2.45, 2.75) is 6.92 Å². The van der Waals surface area contributed by atoms with Gasteiger partial charge >= 0.3 is 22.9 Å². The van der Waals surface area contributed by atoms with Crippen LogP contribution in [0.1, 0.15) is 28.5 Å². The fraction of sp³-hybridized carbons (Fsp3) is 0.0952. The average molecular weight is 441 g/mol. The highest BCUT2D eigenvalue weighted by atomic mass is 19.1. The quantitative estimate of drug-likeness (QED) is 0.248. The smallest absolute Gasteiger partial charge is 0.357 e. The summed E-state index contributed by atoms with van der Waals surface area (Å²) in [5.41, 5.74) is -2.49. The minimum atomic E-state index is -1.13. The average Bonchev–Trinajstić information content (AvgIpc) is 2.73. The molecule has 0 radical (unpaired) electrons. The number of ether oxygens (including phenoxy) is 2. The maximum atomic E-state index is 13.0. The molecule has 0 spiro atoms. The number of aromatic nitrogens is 2. The number of rotatable bonds is 7. The van der Waals surface area contributed by atoms with Gasteiger partial charge in [0, 0.05) is 0 Å². The molecule has 32 heavy (non-hydrogen) atoms. The Morgan fingerprint density at radius 2 is 1.81 bits per heavy atom. The molecular formula is C21H16FN3O7. The Hall–Kier alpha value is -4.54. The predicted octanol–water partition coefficient (Wildman–Crippen LogP) is 2.90. The third-order valence-corrected chi connectivity index (χ3v) is 4.12. The van der Waals surface area contributed by atoms with Crippen LogP contribution in [-0.4, -0.2) is 27.5 Å². The molecule has 1 heterocycles. The van der Waals surface area contributed by atoms with Gasteiger partial charge in [0.25, 0.3) is 0 Å². The van der Waals surface area contributed by atoms with Gasteiger partial charge in [0.15, 0.2) is 11.5 Å². The standard InChI is InChI=1S/C21H16FN3O7/c1-2-31-17-11-12(3-9-15-18(25(29)30)19(26)24-21(28)23-15)4-10-16(17)32-20(27)13-5-7-14(22)8-6-13/h3-11H,2H2,1H3,(H2,23,24,26,28). The number of benzene rings is 2. The summed E-state index contributed by atoms with van der Waals surface area (Å²) < 4.78 is 23.9. The zero-order chi connectivity index (χ0) is 23.3. The Balaban J connectivity index is 1.90. The highest BCUT2D eigenvalue weighted by Gasteiger charge is 2.19. The molecule has 0 amide bonds. The number of esters is 1. The van der Waals surface area contributed by atoms with Crippen molar-refractivity contribution < 1.29 is 23.6 Å². The first-order valence-electron chi connectivity index (χ1n) is 9.22. The van der Waals surface area contributed by atoms with Gasteiger partial charge in [0.2, 0.25) is 0 Å². The van der Waals surface area contributed by atoms with Crippen molar-refractivity contribution in [1.29, 1.82) is 0 Å². The van der Waals surface area contributed by atoms with Gasteiger partial charge in [-0.2, -0.15) is 0 Å². The second-order valence-corrected chi connectivity index (χ2v) is 6.30. The number of aromatic amines is 2.